The second kappa shape index (κ2) is 20.2. The molecular formula is C25H48NO7P. The number of likely N-dealkylation sites (N-methyl/N-ethyl adjacent to an activating group) is 1. The van der Waals surface area contributed by atoms with E-state index in [-0.39, 0.29) is 19.6 Å². The van der Waals surface area contributed by atoms with Gasteiger partial charge in [0.25, 0.3) is 7.82 Å². The Balaban J connectivity index is 3.65. The number of aliphatic hydroxyl groups is 1. The second-order valence-electron chi connectivity index (χ2n) is 9.55. The lowest BCUT2D eigenvalue weighted by molar-refractivity contribution is -0.870. The molecule has 34 heavy (non-hydrogen) atoms. The van der Waals surface area contributed by atoms with Crippen molar-refractivity contribution in [2.24, 2.45) is 0 Å². The van der Waals surface area contributed by atoms with Crippen LogP contribution in [0.1, 0.15) is 77.6 Å². The molecule has 9 heteroatoms. The zero-order chi connectivity index (χ0) is 25.7. The van der Waals surface area contributed by atoms with Crippen LogP contribution >= 0.6 is 7.82 Å². The molecule has 0 heterocycles. The average Bonchev–Trinajstić information content (AvgIpc) is 2.75. The predicted octanol–water partition coefficient (Wildman–Crippen LogP) is 4.52. The molecule has 8 nitrogen and oxygen atoms in total. The summed E-state index contributed by atoms with van der Waals surface area (Å²) in [6, 6.07) is 0. The molecule has 2 atom stereocenters. The van der Waals surface area contributed by atoms with Gasteiger partial charge < -0.3 is 28.3 Å². The number of unbranched alkanes of at least 4 members (excludes halogenated alkanes) is 7. The fourth-order valence-electron chi connectivity index (χ4n) is 2.84. The Morgan fingerprint density at radius 1 is 0.941 bits per heavy atom. The van der Waals surface area contributed by atoms with Crippen LogP contribution in [0.15, 0.2) is 24.3 Å². The minimum atomic E-state index is -4.49. The smallest absolute Gasteiger partial charge is 0.305 e. The van der Waals surface area contributed by atoms with Crippen molar-refractivity contribution in [3.05, 3.63) is 24.3 Å². The number of ether oxygens (including phenoxy) is 1. The van der Waals surface area contributed by atoms with Gasteiger partial charge in [-0.3, -0.25) is 9.36 Å². The van der Waals surface area contributed by atoms with E-state index < -0.39 is 26.5 Å². The Bertz CT molecular complexity index is 617. The minimum absolute atomic E-state index is 0.0111. The van der Waals surface area contributed by atoms with Gasteiger partial charge in [-0.1, -0.05) is 63.3 Å². The first-order valence-corrected chi connectivity index (χ1v) is 14.1. The number of aliphatic hydroxyl groups excluding tert-OH is 1. The number of phosphoric acid groups is 1. The summed E-state index contributed by atoms with van der Waals surface area (Å²) in [6.45, 7) is 1.86. The molecule has 0 aromatic heterocycles. The summed E-state index contributed by atoms with van der Waals surface area (Å²) in [5.74, 6) is -0.404. The number of esters is 1. The maximum atomic E-state index is 11.8. The van der Waals surface area contributed by atoms with Gasteiger partial charge in [-0.05, 0) is 32.1 Å². The maximum Gasteiger partial charge on any atom is 0.305 e. The molecule has 0 bridgehead atoms. The van der Waals surface area contributed by atoms with E-state index in [0.29, 0.717) is 11.0 Å². The minimum Gasteiger partial charge on any atom is -0.756 e. The number of nitrogens with zero attached hydrogens (tertiary/aromatic N) is 1. The van der Waals surface area contributed by atoms with Gasteiger partial charge >= 0.3 is 5.97 Å². The molecular weight excluding hydrogens is 457 g/mol. The van der Waals surface area contributed by atoms with Gasteiger partial charge in [0, 0.05) is 6.42 Å². The van der Waals surface area contributed by atoms with Gasteiger partial charge in [0.15, 0.2) is 0 Å². The van der Waals surface area contributed by atoms with Crippen molar-refractivity contribution >= 4 is 13.8 Å². The third-order valence-electron chi connectivity index (χ3n) is 4.95. The van der Waals surface area contributed by atoms with Crippen LogP contribution in [-0.4, -0.2) is 69.2 Å². The standard InChI is InChI=1S/C25H48NO7P/c1-5-6-7-8-9-10-11-12-13-14-15-16-17-18-19-25(28)31-22-24(27)23-33-34(29,30)32-21-20-26(2,3)4/h8-9,11-12,24,27H,5-7,10,13-23H2,1-4H3/b9-8-,12-11-. The van der Waals surface area contributed by atoms with Crippen molar-refractivity contribution in [3.63, 3.8) is 0 Å². The van der Waals surface area contributed by atoms with Crippen LogP contribution in [0, 0.1) is 0 Å². The SMILES string of the molecule is CCCC/C=C\C/C=C\CCCCCCCC(=O)OCC(O)COP(=O)([O-])OCC[N+](C)(C)C. The summed E-state index contributed by atoms with van der Waals surface area (Å²) in [6.07, 6.45) is 18.8. The van der Waals surface area contributed by atoms with Crippen LogP contribution in [-0.2, 0) is 23.1 Å². The average molecular weight is 506 g/mol. The number of hydrogen-bond acceptors (Lipinski definition) is 7. The first kappa shape index (κ1) is 33.0. The predicted molar refractivity (Wildman–Crippen MR) is 134 cm³/mol. The first-order valence-electron chi connectivity index (χ1n) is 12.6. The number of phosphoric ester groups is 1. The molecule has 0 aliphatic carbocycles. The van der Waals surface area contributed by atoms with E-state index in [0.717, 1.165) is 44.9 Å². The summed E-state index contributed by atoms with van der Waals surface area (Å²) in [4.78, 5) is 23.4. The van der Waals surface area contributed by atoms with Crippen molar-refractivity contribution < 1.29 is 37.6 Å². The molecule has 0 amide bonds. The molecule has 0 rings (SSSR count). The third-order valence-corrected chi connectivity index (χ3v) is 5.92. The zero-order valence-electron chi connectivity index (χ0n) is 21.8. The second-order valence-corrected chi connectivity index (χ2v) is 11.0. The molecule has 0 aromatic rings. The number of allylic oxidation sites excluding steroid dienone is 4. The fourth-order valence-corrected chi connectivity index (χ4v) is 3.58. The molecule has 0 radical (unpaired) electrons. The van der Waals surface area contributed by atoms with E-state index in [1.54, 1.807) is 0 Å². The number of quaternary nitrogens is 1. The Morgan fingerprint density at radius 2 is 1.56 bits per heavy atom. The van der Waals surface area contributed by atoms with Crippen LogP contribution in [0.4, 0.5) is 0 Å². The Hall–Kier alpha value is -1.02. The van der Waals surface area contributed by atoms with E-state index in [4.69, 9.17) is 9.26 Å². The summed E-state index contributed by atoms with van der Waals surface area (Å²) in [5.41, 5.74) is 0. The normalized spacial score (nSPS) is 15.1. The van der Waals surface area contributed by atoms with Gasteiger partial charge in [0.2, 0.25) is 0 Å². The Morgan fingerprint density at radius 3 is 2.21 bits per heavy atom. The molecule has 0 spiro atoms. The van der Waals surface area contributed by atoms with E-state index in [2.05, 4.69) is 35.8 Å². The van der Waals surface area contributed by atoms with Gasteiger partial charge in [-0.15, -0.1) is 0 Å². The van der Waals surface area contributed by atoms with Crippen molar-refractivity contribution in [2.45, 2.75) is 83.7 Å². The fraction of sp³-hybridized carbons (Fsp3) is 0.800. The number of carbonyl (C=O) groups excluding carboxylic acids is 1. The number of carbonyl (C=O) groups is 1. The van der Waals surface area contributed by atoms with E-state index >= 15 is 0 Å². The molecule has 0 aromatic carbocycles. The molecule has 1 N–H and O–H groups in total. The molecule has 2 unspecified atom stereocenters. The molecule has 0 fully saturated rings. The van der Waals surface area contributed by atoms with Crippen molar-refractivity contribution in [3.8, 4) is 0 Å². The third kappa shape index (κ3) is 24.1. The lowest BCUT2D eigenvalue weighted by atomic mass is 10.1. The van der Waals surface area contributed by atoms with Gasteiger partial charge in [0.1, 0.15) is 25.9 Å². The van der Waals surface area contributed by atoms with Crippen LogP contribution in [0.25, 0.3) is 0 Å². The molecule has 200 valence electrons. The van der Waals surface area contributed by atoms with E-state index in [9.17, 15) is 19.4 Å². The van der Waals surface area contributed by atoms with Crippen molar-refractivity contribution in [1.29, 1.82) is 0 Å². The number of rotatable bonds is 22. The van der Waals surface area contributed by atoms with Crippen LogP contribution < -0.4 is 4.89 Å². The first-order chi connectivity index (χ1) is 16.1. The quantitative estimate of drug-likeness (QED) is 0.0758. The lowest BCUT2D eigenvalue weighted by Gasteiger charge is -2.27. The summed E-state index contributed by atoms with van der Waals surface area (Å²) >= 11 is 0. The highest BCUT2D eigenvalue weighted by Gasteiger charge is 2.16. The molecule has 0 aliphatic heterocycles. The molecule has 0 saturated heterocycles. The monoisotopic (exact) mass is 505 g/mol. The Labute approximate surface area is 207 Å². The van der Waals surface area contributed by atoms with Crippen LogP contribution in [0.3, 0.4) is 0 Å². The topological polar surface area (TPSA) is 105 Å². The lowest BCUT2D eigenvalue weighted by Crippen LogP contribution is -2.37. The molecule has 0 aliphatic rings. The summed E-state index contributed by atoms with van der Waals surface area (Å²) < 4.78 is 26.6. The highest BCUT2D eigenvalue weighted by Crippen LogP contribution is 2.38. The maximum absolute atomic E-state index is 11.8. The highest BCUT2D eigenvalue weighted by molar-refractivity contribution is 7.45. The molecule has 0 saturated carbocycles. The zero-order valence-corrected chi connectivity index (χ0v) is 22.7. The summed E-state index contributed by atoms with van der Waals surface area (Å²) in [5, 5.41) is 9.78. The largest absolute Gasteiger partial charge is 0.756 e. The van der Waals surface area contributed by atoms with Crippen LogP contribution in [0.2, 0.25) is 0 Å². The van der Waals surface area contributed by atoms with E-state index in [1.165, 1.54) is 19.3 Å². The van der Waals surface area contributed by atoms with E-state index in [1.807, 2.05) is 21.1 Å². The van der Waals surface area contributed by atoms with Gasteiger partial charge in [-0.25, -0.2) is 0 Å². The van der Waals surface area contributed by atoms with Crippen molar-refractivity contribution in [2.75, 3.05) is 47.5 Å². The van der Waals surface area contributed by atoms with Gasteiger partial charge in [0.05, 0.1) is 27.7 Å². The highest BCUT2D eigenvalue weighted by atomic mass is 31.2. The van der Waals surface area contributed by atoms with Crippen molar-refractivity contribution in [1.82, 2.24) is 0 Å². The van der Waals surface area contributed by atoms with Gasteiger partial charge in [-0.2, -0.15) is 0 Å². The summed E-state index contributed by atoms with van der Waals surface area (Å²) in [7, 11) is 1.24. The van der Waals surface area contributed by atoms with Crippen LogP contribution in [0.5, 0.6) is 0 Å². The number of hydrogen-bond donors (Lipinski definition) is 1. The Kier molecular flexibility index (Phi) is 19.6.